The number of imidazole rings is 1. The average Bonchev–Trinajstić information content (AvgIpc) is 3.64. The summed E-state index contributed by atoms with van der Waals surface area (Å²) in [6.45, 7) is 1.33. The van der Waals surface area contributed by atoms with Gasteiger partial charge in [-0.25, -0.2) is 19.3 Å². The number of hydrogen-bond acceptors (Lipinski definition) is 9. The first-order valence-electron chi connectivity index (χ1n) is 13.7. The van der Waals surface area contributed by atoms with Crippen molar-refractivity contribution in [3.63, 3.8) is 0 Å². The number of nitrogens with zero attached hydrogens (tertiary/aromatic N) is 4. The van der Waals surface area contributed by atoms with Crippen molar-refractivity contribution >= 4 is 17.5 Å². The second kappa shape index (κ2) is 12.2. The first kappa shape index (κ1) is 27.8. The number of hydrogen-bond donors (Lipinski definition) is 3. The number of halogens is 1. The van der Waals surface area contributed by atoms with E-state index in [-0.39, 0.29) is 24.9 Å². The zero-order valence-corrected chi connectivity index (χ0v) is 23.0. The molecule has 2 fully saturated rings. The van der Waals surface area contributed by atoms with Crippen LogP contribution < -0.4 is 10.1 Å². The van der Waals surface area contributed by atoms with Crippen LogP contribution in [0.25, 0.3) is 22.6 Å². The third-order valence-electron chi connectivity index (χ3n) is 7.26. The number of benzene rings is 2. The monoisotopic (exact) mass is 574 g/mol. The molecule has 0 spiro atoms. The maximum Gasteiger partial charge on any atom is 0.230 e. The third kappa shape index (κ3) is 6.25. The van der Waals surface area contributed by atoms with E-state index in [1.807, 2.05) is 24.3 Å². The molecule has 2 saturated heterocycles. The normalized spacial score (nSPS) is 20.5. The number of aromatic nitrogens is 4. The zero-order chi connectivity index (χ0) is 29.1. The van der Waals surface area contributed by atoms with E-state index in [1.165, 1.54) is 12.1 Å². The second-order valence-electron chi connectivity index (χ2n) is 10.3. The van der Waals surface area contributed by atoms with E-state index in [4.69, 9.17) is 24.2 Å². The molecule has 0 bridgehead atoms. The van der Waals surface area contributed by atoms with Gasteiger partial charge in [0.2, 0.25) is 11.9 Å². The molecule has 218 valence electrons. The molecule has 4 aromatic rings. The van der Waals surface area contributed by atoms with Crippen LogP contribution in [-0.2, 0) is 20.7 Å². The van der Waals surface area contributed by atoms with E-state index < -0.39 is 18.3 Å². The number of aromatic amines is 1. The first-order chi connectivity index (χ1) is 20.4. The standard InChI is InChI=1S/C30H31FN6O5/c1-40-23-4-2-3-21(13-23)33-30-32-11-9-24(34-30)28-27(18-5-7-20(31)8-6-18)35-25(36-28)14-26-41-16-19(17-42-26)29(39)37-12-10-22(38)15-37/h2-9,11,13,19,22,26,38H,10,12,14-17H2,1H3,(H,35,36)(H,32,33,34). The molecular weight excluding hydrogens is 543 g/mol. The van der Waals surface area contributed by atoms with E-state index in [0.29, 0.717) is 66.1 Å². The molecule has 1 atom stereocenters. The predicted octanol–water partition coefficient (Wildman–Crippen LogP) is 3.55. The van der Waals surface area contributed by atoms with Gasteiger partial charge in [-0.3, -0.25) is 4.79 Å². The summed E-state index contributed by atoms with van der Waals surface area (Å²) in [7, 11) is 1.60. The lowest BCUT2D eigenvalue weighted by molar-refractivity contribution is -0.204. The number of methoxy groups -OCH3 is 1. The van der Waals surface area contributed by atoms with Crippen LogP contribution in [-0.4, -0.2) is 81.7 Å². The minimum Gasteiger partial charge on any atom is -0.497 e. The van der Waals surface area contributed by atoms with Gasteiger partial charge in [0.15, 0.2) is 6.29 Å². The van der Waals surface area contributed by atoms with Crippen LogP contribution in [0, 0.1) is 11.7 Å². The molecule has 2 aliphatic rings. The van der Waals surface area contributed by atoms with Gasteiger partial charge in [0.1, 0.15) is 17.4 Å². The van der Waals surface area contributed by atoms with Crippen LogP contribution in [0.5, 0.6) is 5.75 Å². The summed E-state index contributed by atoms with van der Waals surface area (Å²) in [4.78, 5) is 31.6. The van der Waals surface area contributed by atoms with Crippen molar-refractivity contribution in [2.24, 2.45) is 5.92 Å². The molecule has 11 nitrogen and oxygen atoms in total. The Bertz CT molecular complexity index is 1540. The topological polar surface area (TPSA) is 135 Å². The number of carbonyl (C=O) groups is 1. The van der Waals surface area contributed by atoms with Gasteiger partial charge < -0.3 is 34.5 Å². The Labute approximate surface area is 241 Å². The van der Waals surface area contributed by atoms with Gasteiger partial charge in [0.05, 0.1) is 55.8 Å². The van der Waals surface area contributed by atoms with Gasteiger partial charge in [0.25, 0.3) is 0 Å². The Hall–Kier alpha value is -4.39. The fourth-order valence-electron chi connectivity index (χ4n) is 5.07. The number of β-amino-alcohol motifs (C(OH)–C–C–N with tert-alkyl or cyclic N) is 1. The lowest BCUT2D eigenvalue weighted by Gasteiger charge is -2.30. The molecule has 0 aliphatic carbocycles. The molecule has 0 saturated carbocycles. The van der Waals surface area contributed by atoms with E-state index in [2.05, 4.69) is 15.3 Å². The molecule has 2 aromatic carbocycles. The Morgan fingerprint density at radius 3 is 2.71 bits per heavy atom. The number of anilines is 2. The van der Waals surface area contributed by atoms with E-state index in [9.17, 15) is 14.3 Å². The molecule has 1 unspecified atom stereocenters. The Balaban J connectivity index is 1.21. The third-order valence-corrected chi connectivity index (χ3v) is 7.26. The number of amides is 1. The lowest BCUT2D eigenvalue weighted by Crippen LogP contribution is -2.44. The van der Waals surface area contributed by atoms with Gasteiger partial charge in [-0.1, -0.05) is 6.07 Å². The van der Waals surface area contributed by atoms with Gasteiger partial charge in [-0.2, -0.15) is 0 Å². The summed E-state index contributed by atoms with van der Waals surface area (Å²) < 4.78 is 30.8. The SMILES string of the molecule is COc1cccc(Nc2nccc(-c3[nH]c(CC4OCC(C(=O)N5CCC(O)C5)CO4)nc3-c3ccc(F)cc3)n2)c1. The van der Waals surface area contributed by atoms with Gasteiger partial charge in [-0.15, -0.1) is 0 Å². The molecule has 0 radical (unpaired) electrons. The summed E-state index contributed by atoms with van der Waals surface area (Å²) in [6, 6.07) is 15.3. The average molecular weight is 575 g/mol. The minimum atomic E-state index is -0.603. The molecular formula is C30H31FN6O5. The van der Waals surface area contributed by atoms with Crippen molar-refractivity contribution < 1.29 is 28.5 Å². The van der Waals surface area contributed by atoms with Crippen molar-refractivity contribution in [2.45, 2.75) is 25.2 Å². The minimum absolute atomic E-state index is 0.0639. The van der Waals surface area contributed by atoms with Crippen LogP contribution >= 0.6 is 0 Å². The first-order valence-corrected chi connectivity index (χ1v) is 13.7. The molecule has 6 rings (SSSR count). The van der Waals surface area contributed by atoms with Crippen LogP contribution in [0.1, 0.15) is 12.2 Å². The summed E-state index contributed by atoms with van der Waals surface area (Å²) in [5.74, 6) is 0.839. The van der Waals surface area contributed by atoms with Crippen LogP contribution in [0.3, 0.4) is 0 Å². The van der Waals surface area contributed by atoms with E-state index >= 15 is 0 Å². The summed E-state index contributed by atoms with van der Waals surface area (Å²) >= 11 is 0. The van der Waals surface area contributed by atoms with Crippen LogP contribution in [0.4, 0.5) is 16.0 Å². The van der Waals surface area contributed by atoms with Crippen molar-refractivity contribution in [1.29, 1.82) is 0 Å². The number of rotatable bonds is 8. The number of nitrogens with one attached hydrogen (secondary N) is 2. The fourth-order valence-corrected chi connectivity index (χ4v) is 5.07. The molecule has 12 heteroatoms. The molecule has 42 heavy (non-hydrogen) atoms. The predicted molar refractivity (Wildman–Crippen MR) is 151 cm³/mol. The molecule has 2 aromatic heterocycles. The van der Waals surface area contributed by atoms with Gasteiger partial charge in [-0.05, 0) is 48.9 Å². The highest BCUT2D eigenvalue weighted by atomic mass is 19.1. The maximum absolute atomic E-state index is 13.7. The van der Waals surface area contributed by atoms with Crippen molar-refractivity contribution in [1.82, 2.24) is 24.8 Å². The highest BCUT2D eigenvalue weighted by Gasteiger charge is 2.34. The van der Waals surface area contributed by atoms with Crippen LogP contribution in [0.15, 0.2) is 60.8 Å². The molecule has 2 aliphatic heterocycles. The van der Waals surface area contributed by atoms with E-state index in [0.717, 1.165) is 5.69 Å². The van der Waals surface area contributed by atoms with E-state index in [1.54, 1.807) is 36.4 Å². The summed E-state index contributed by atoms with van der Waals surface area (Å²) in [5, 5.41) is 12.9. The maximum atomic E-state index is 13.7. The quantitative estimate of drug-likeness (QED) is 0.289. The van der Waals surface area contributed by atoms with Crippen LogP contribution in [0.2, 0.25) is 0 Å². The number of aliphatic hydroxyl groups is 1. The van der Waals surface area contributed by atoms with Crippen molar-refractivity contribution in [3.8, 4) is 28.4 Å². The Morgan fingerprint density at radius 2 is 1.98 bits per heavy atom. The van der Waals surface area contributed by atoms with Crippen molar-refractivity contribution in [3.05, 3.63) is 72.4 Å². The van der Waals surface area contributed by atoms with Crippen molar-refractivity contribution in [2.75, 3.05) is 38.7 Å². The molecule has 3 N–H and O–H groups in total. The highest BCUT2D eigenvalue weighted by molar-refractivity contribution is 5.79. The lowest BCUT2D eigenvalue weighted by atomic mass is 10.1. The summed E-state index contributed by atoms with van der Waals surface area (Å²) in [5.41, 5.74) is 3.27. The largest absolute Gasteiger partial charge is 0.497 e. The van der Waals surface area contributed by atoms with Gasteiger partial charge >= 0.3 is 0 Å². The number of H-pyrrole nitrogens is 1. The number of aliphatic hydroxyl groups excluding tert-OH is 1. The number of likely N-dealkylation sites (tertiary alicyclic amines) is 1. The fraction of sp³-hybridized carbons (Fsp3) is 0.333. The highest BCUT2D eigenvalue weighted by Crippen LogP contribution is 2.31. The van der Waals surface area contributed by atoms with Gasteiger partial charge in [0, 0.05) is 36.6 Å². The number of ether oxygens (including phenoxy) is 3. The Kier molecular flexibility index (Phi) is 8.08. The second-order valence-corrected chi connectivity index (χ2v) is 10.3. The zero-order valence-electron chi connectivity index (χ0n) is 23.0. The molecule has 1 amide bonds. The summed E-state index contributed by atoms with van der Waals surface area (Å²) in [6.07, 6.45) is 1.46. The Morgan fingerprint density at radius 1 is 1.17 bits per heavy atom. The smallest absolute Gasteiger partial charge is 0.230 e. The number of carbonyl (C=O) groups excluding carboxylic acids is 1. The molecule has 4 heterocycles.